The SMILES string of the molecule is COC(C)(C)CNC(=O)NC[C@H](O)c1ccc(Cl)c(F)c1. The Hall–Kier alpha value is -1.37. The normalized spacial score (nSPS) is 12.9. The molecule has 0 aliphatic carbocycles. The van der Waals surface area contributed by atoms with Gasteiger partial charge in [-0.1, -0.05) is 17.7 Å². The van der Waals surface area contributed by atoms with E-state index in [-0.39, 0.29) is 11.6 Å². The van der Waals surface area contributed by atoms with Crippen molar-refractivity contribution in [3.8, 4) is 0 Å². The number of carbonyl (C=O) groups excluding carboxylic acids is 1. The molecular weight excluding hydrogens is 299 g/mol. The summed E-state index contributed by atoms with van der Waals surface area (Å²) in [4.78, 5) is 11.6. The Labute approximate surface area is 128 Å². The molecule has 7 heteroatoms. The Kier molecular flexibility index (Phi) is 6.39. The van der Waals surface area contributed by atoms with Crippen LogP contribution in [-0.4, -0.2) is 36.9 Å². The second-order valence-corrected chi connectivity index (χ2v) is 5.62. The van der Waals surface area contributed by atoms with Gasteiger partial charge in [-0.2, -0.15) is 0 Å². The van der Waals surface area contributed by atoms with E-state index in [4.69, 9.17) is 16.3 Å². The van der Waals surface area contributed by atoms with Gasteiger partial charge in [-0.25, -0.2) is 9.18 Å². The molecule has 1 aromatic carbocycles. The highest BCUT2D eigenvalue weighted by atomic mass is 35.5. The predicted octanol–water partition coefficient (Wildman–Crippen LogP) is 2.24. The van der Waals surface area contributed by atoms with E-state index < -0.39 is 23.6 Å². The van der Waals surface area contributed by atoms with Crippen LogP contribution in [0.15, 0.2) is 18.2 Å². The molecule has 0 saturated heterocycles. The summed E-state index contributed by atoms with van der Waals surface area (Å²) in [5.74, 6) is -0.612. The van der Waals surface area contributed by atoms with Gasteiger partial charge in [0.15, 0.2) is 0 Å². The zero-order valence-electron chi connectivity index (χ0n) is 12.2. The summed E-state index contributed by atoms with van der Waals surface area (Å²) in [6.45, 7) is 3.94. The number of amides is 2. The molecule has 21 heavy (non-hydrogen) atoms. The number of nitrogens with one attached hydrogen (secondary N) is 2. The third-order valence-corrected chi connectivity index (χ3v) is 3.32. The minimum Gasteiger partial charge on any atom is -0.387 e. The Morgan fingerprint density at radius 1 is 1.48 bits per heavy atom. The van der Waals surface area contributed by atoms with E-state index >= 15 is 0 Å². The van der Waals surface area contributed by atoms with Crippen molar-refractivity contribution >= 4 is 17.6 Å². The van der Waals surface area contributed by atoms with Gasteiger partial charge in [0, 0.05) is 20.2 Å². The van der Waals surface area contributed by atoms with Crippen molar-refractivity contribution in [3.05, 3.63) is 34.6 Å². The van der Waals surface area contributed by atoms with E-state index in [0.29, 0.717) is 12.1 Å². The highest BCUT2D eigenvalue weighted by molar-refractivity contribution is 6.30. The third-order valence-electron chi connectivity index (χ3n) is 3.01. The molecule has 5 nitrogen and oxygen atoms in total. The Morgan fingerprint density at radius 3 is 2.71 bits per heavy atom. The van der Waals surface area contributed by atoms with Gasteiger partial charge in [0.25, 0.3) is 0 Å². The number of carbonyl (C=O) groups is 1. The maximum absolute atomic E-state index is 13.3. The molecule has 0 unspecified atom stereocenters. The zero-order chi connectivity index (χ0) is 16.0. The van der Waals surface area contributed by atoms with Crippen LogP contribution in [0.25, 0.3) is 0 Å². The molecule has 1 atom stereocenters. The van der Waals surface area contributed by atoms with E-state index in [1.54, 1.807) is 7.11 Å². The van der Waals surface area contributed by atoms with Crippen molar-refractivity contribution in [2.24, 2.45) is 0 Å². The number of ether oxygens (including phenoxy) is 1. The molecule has 0 fully saturated rings. The Morgan fingerprint density at radius 2 is 2.14 bits per heavy atom. The van der Waals surface area contributed by atoms with E-state index in [0.717, 1.165) is 6.07 Å². The first-order valence-corrected chi connectivity index (χ1v) is 6.83. The molecular formula is C14H20ClFN2O3. The molecule has 0 radical (unpaired) electrons. The number of urea groups is 1. The standard InChI is InChI=1S/C14H20ClFN2O3/c1-14(2,21-3)8-18-13(20)17-7-12(19)9-4-5-10(15)11(16)6-9/h4-6,12,19H,7-8H2,1-3H3,(H2,17,18,20)/t12-/m0/s1. The first-order valence-electron chi connectivity index (χ1n) is 6.45. The summed E-state index contributed by atoms with van der Waals surface area (Å²) >= 11 is 5.56. The van der Waals surface area contributed by atoms with Gasteiger partial charge in [-0.15, -0.1) is 0 Å². The van der Waals surface area contributed by atoms with Crippen LogP contribution < -0.4 is 10.6 Å². The fourth-order valence-electron chi connectivity index (χ4n) is 1.45. The number of halogens is 2. The highest BCUT2D eigenvalue weighted by Gasteiger charge is 2.17. The summed E-state index contributed by atoms with van der Waals surface area (Å²) in [7, 11) is 1.55. The molecule has 3 N–H and O–H groups in total. The van der Waals surface area contributed by atoms with E-state index in [2.05, 4.69) is 10.6 Å². The van der Waals surface area contributed by atoms with Crippen LogP contribution in [0.2, 0.25) is 5.02 Å². The minimum atomic E-state index is -1.02. The topological polar surface area (TPSA) is 70.6 Å². The molecule has 1 rings (SSSR count). The van der Waals surface area contributed by atoms with Crippen LogP contribution in [0.3, 0.4) is 0 Å². The number of methoxy groups -OCH3 is 1. The van der Waals surface area contributed by atoms with Gasteiger partial charge < -0.3 is 20.5 Å². The molecule has 0 aromatic heterocycles. The Bertz CT molecular complexity index is 497. The van der Waals surface area contributed by atoms with Crippen LogP contribution in [0, 0.1) is 5.82 Å². The lowest BCUT2D eigenvalue weighted by atomic mass is 10.1. The minimum absolute atomic E-state index is 0.0153. The molecule has 0 heterocycles. The van der Waals surface area contributed by atoms with Crippen LogP contribution >= 0.6 is 11.6 Å². The quantitative estimate of drug-likeness (QED) is 0.753. The Balaban J connectivity index is 2.43. The zero-order valence-corrected chi connectivity index (χ0v) is 13.0. The number of hydrogen-bond donors (Lipinski definition) is 3. The molecule has 118 valence electrons. The maximum atomic E-state index is 13.3. The van der Waals surface area contributed by atoms with Gasteiger partial charge in [-0.3, -0.25) is 0 Å². The average molecular weight is 319 g/mol. The van der Waals surface area contributed by atoms with Crippen LogP contribution in [0.1, 0.15) is 25.5 Å². The van der Waals surface area contributed by atoms with Crippen LogP contribution in [0.4, 0.5) is 9.18 Å². The first-order chi connectivity index (χ1) is 9.75. The number of aliphatic hydroxyl groups excluding tert-OH is 1. The van der Waals surface area contributed by atoms with Crippen molar-refractivity contribution < 1.29 is 19.0 Å². The summed E-state index contributed by atoms with van der Waals surface area (Å²) in [5, 5.41) is 15.0. The van der Waals surface area contributed by atoms with Gasteiger partial charge in [0.1, 0.15) is 5.82 Å². The van der Waals surface area contributed by atoms with E-state index in [9.17, 15) is 14.3 Å². The lowest BCUT2D eigenvalue weighted by Gasteiger charge is -2.23. The first kappa shape index (κ1) is 17.7. The molecule has 0 aliphatic heterocycles. The lowest BCUT2D eigenvalue weighted by molar-refractivity contribution is 0.0253. The highest BCUT2D eigenvalue weighted by Crippen LogP contribution is 2.19. The molecule has 0 spiro atoms. The van der Waals surface area contributed by atoms with Crippen molar-refractivity contribution in [3.63, 3.8) is 0 Å². The molecule has 0 aliphatic rings. The van der Waals surface area contributed by atoms with Crippen molar-refractivity contribution in [1.29, 1.82) is 0 Å². The van der Waals surface area contributed by atoms with Crippen molar-refractivity contribution in [2.45, 2.75) is 25.6 Å². The summed E-state index contributed by atoms with van der Waals surface area (Å²) in [5.41, 5.74) is -0.135. The monoisotopic (exact) mass is 318 g/mol. The van der Waals surface area contributed by atoms with E-state index in [1.165, 1.54) is 12.1 Å². The van der Waals surface area contributed by atoms with Crippen molar-refractivity contribution in [1.82, 2.24) is 10.6 Å². The van der Waals surface area contributed by atoms with Crippen LogP contribution in [0.5, 0.6) is 0 Å². The van der Waals surface area contributed by atoms with Crippen molar-refractivity contribution in [2.75, 3.05) is 20.2 Å². The second-order valence-electron chi connectivity index (χ2n) is 5.22. The van der Waals surface area contributed by atoms with Gasteiger partial charge in [0.05, 0.1) is 16.7 Å². The maximum Gasteiger partial charge on any atom is 0.314 e. The molecule has 1 aromatic rings. The smallest absolute Gasteiger partial charge is 0.314 e. The largest absolute Gasteiger partial charge is 0.387 e. The summed E-state index contributed by atoms with van der Waals surface area (Å²) in [6, 6.07) is 3.56. The van der Waals surface area contributed by atoms with E-state index in [1.807, 2.05) is 13.8 Å². The van der Waals surface area contributed by atoms with Gasteiger partial charge in [0.2, 0.25) is 0 Å². The number of benzene rings is 1. The predicted molar refractivity (Wildman–Crippen MR) is 78.9 cm³/mol. The second kappa shape index (κ2) is 7.59. The van der Waals surface area contributed by atoms with Crippen LogP contribution in [-0.2, 0) is 4.74 Å². The number of aliphatic hydroxyl groups is 1. The number of rotatable bonds is 6. The van der Waals surface area contributed by atoms with Gasteiger partial charge >= 0.3 is 6.03 Å². The number of hydrogen-bond acceptors (Lipinski definition) is 3. The average Bonchev–Trinajstić information content (AvgIpc) is 2.45. The third kappa shape index (κ3) is 5.87. The molecule has 2 amide bonds. The summed E-state index contributed by atoms with van der Waals surface area (Å²) < 4.78 is 18.4. The fraction of sp³-hybridized carbons (Fsp3) is 0.500. The summed E-state index contributed by atoms with van der Waals surface area (Å²) in [6.07, 6.45) is -1.02. The van der Waals surface area contributed by atoms with Gasteiger partial charge in [-0.05, 0) is 31.5 Å². The molecule has 0 saturated carbocycles. The lowest BCUT2D eigenvalue weighted by Crippen LogP contribution is -2.45. The molecule has 0 bridgehead atoms. The fourth-order valence-corrected chi connectivity index (χ4v) is 1.57.